The van der Waals surface area contributed by atoms with Crippen LogP contribution in [0.4, 0.5) is 22.7 Å². The molecule has 0 aliphatic rings. The molecule has 4 amide bonds. The third-order valence-corrected chi connectivity index (χ3v) is 18.2. The molecule has 0 fully saturated rings. The second-order valence-electron chi connectivity index (χ2n) is 23.6. The van der Waals surface area contributed by atoms with Crippen molar-refractivity contribution in [3.63, 3.8) is 0 Å². The molecule has 105 heavy (non-hydrogen) atoms. The van der Waals surface area contributed by atoms with Crippen LogP contribution in [0.25, 0.3) is 89.8 Å². The van der Waals surface area contributed by atoms with Crippen LogP contribution in [0.5, 0.6) is 0 Å². The zero-order valence-electron chi connectivity index (χ0n) is 55.6. The van der Waals surface area contributed by atoms with Gasteiger partial charge in [-0.1, -0.05) is 164 Å². The molecule has 0 radical (unpaired) electrons. The van der Waals surface area contributed by atoms with Crippen molar-refractivity contribution >= 4 is 157 Å². The van der Waals surface area contributed by atoms with Crippen molar-refractivity contribution < 1.29 is 19.2 Å². The number of rotatable bonds is 16. The Morgan fingerprint density at radius 2 is 0.667 bits per heavy atom. The van der Waals surface area contributed by atoms with E-state index in [4.69, 9.17) is 44.8 Å². The van der Waals surface area contributed by atoms with E-state index in [1.807, 2.05) is 249 Å². The van der Waals surface area contributed by atoms with E-state index in [2.05, 4.69) is 73.1 Å². The maximum absolute atomic E-state index is 12.7. The summed E-state index contributed by atoms with van der Waals surface area (Å²) in [7, 11) is 0. The number of carbonyl (C=O) groups excluding carboxylic acids is 4. The lowest BCUT2D eigenvalue weighted by Gasteiger charge is -2.11. The molecule has 4 N–H and O–H groups in total. The highest BCUT2D eigenvalue weighted by Crippen LogP contribution is 2.32. The smallest absolute Gasteiger partial charge is 0.244 e. The summed E-state index contributed by atoms with van der Waals surface area (Å²) < 4.78 is 9.57. The normalized spacial score (nSPS) is 10.8. The Balaban J connectivity index is 0.000000124. The van der Waals surface area contributed by atoms with E-state index in [1.165, 1.54) is 0 Å². The van der Waals surface area contributed by atoms with E-state index < -0.39 is 0 Å². The Hall–Kier alpha value is -11.9. The molecule has 0 unspecified atom stereocenters. The van der Waals surface area contributed by atoms with Gasteiger partial charge in [-0.05, 0) is 182 Å². The first kappa shape index (κ1) is 71.5. The molecule has 6 heterocycles. The minimum absolute atomic E-state index is 0.0901. The van der Waals surface area contributed by atoms with Crippen LogP contribution in [-0.2, 0) is 45.4 Å². The van der Waals surface area contributed by atoms with Crippen LogP contribution >= 0.6 is 66.7 Å². The number of anilines is 4. The van der Waals surface area contributed by atoms with Crippen LogP contribution in [0, 0.1) is 0 Å². The van der Waals surface area contributed by atoms with Gasteiger partial charge in [0, 0.05) is 77.0 Å². The number of aromatic nitrogens is 10. The lowest BCUT2D eigenvalue weighted by atomic mass is 10.2. The molecular formula is C82H61Br2Cl3N14O4. The highest BCUT2D eigenvalue weighted by atomic mass is 79.9. The van der Waals surface area contributed by atoms with Crippen LogP contribution in [0.3, 0.4) is 0 Å². The number of amides is 4. The SMILES string of the molecule is O=C(Cn1c(-c2ccccc2)nc2ccccc21)Nc1ccc(Br)cc1.O=C(Cn1c(-c2ccccc2Cl)nc2ccccc21)Nc1ccc(Cl)cc1.O=C(Cn1c(-c2ccccn2)nc2ccccc21)Nc1ccc(Br)cc1.O=C(Cn1c(-c2cccnc2)nc2ccccc21)Nc1ccc(Cl)cc1. The fourth-order valence-electron chi connectivity index (χ4n) is 11.5. The zero-order valence-corrected chi connectivity index (χ0v) is 61.1. The third kappa shape index (κ3) is 18.1. The van der Waals surface area contributed by atoms with Gasteiger partial charge in [-0.3, -0.25) is 29.1 Å². The second-order valence-corrected chi connectivity index (χ2v) is 26.7. The van der Waals surface area contributed by atoms with Crippen LogP contribution < -0.4 is 21.3 Å². The largest absolute Gasteiger partial charge is 0.325 e. The lowest BCUT2D eigenvalue weighted by molar-refractivity contribution is -0.117. The Morgan fingerprint density at radius 1 is 0.324 bits per heavy atom. The number of fused-ring (bicyclic) bond motifs is 4. The summed E-state index contributed by atoms with van der Waals surface area (Å²) in [4.78, 5) is 77.8. The van der Waals surface area contributed by atoms with Crippen LogP contribution in [0.15, 0.2) is 307 Å². The average molecular weight is 1570 g/mol. The van der Waals surface area contributed by atoms with Gasteiger partial charge in [-0.25, -0.2) is 19.9 Å². The van der Waals surface area contributed by atoms with E-state index in [9.17, 15) is 19.2 Å². The maximum atomic E-state index is 12.7. The molecule has 23 heteroatoms. The van der Waals surface area contributed by atoms with Gasteiger partial charge >= 0.3 is 0 Å². The van der Waals surface area contributed by atoms with Gasteiger partial charge in [-0.15, -0.1) is 0 Å². The number of nitrogens with zero attached hydrogens (tertiary/aromatic N) is 10. The van der Waals surface area contributed by atoms with Gasteiger partial charge in [0.15, 0.2) is 5.82 Å². The van der Waals surface area contributed by atoms with Crippen molar-refractivity contribution in [3.8, 4) is 45.7 Å². The van der Waals surface area contributed by atoms with Gasteiger partial charge < -0.3 is 39.5 Å². The van der Waals surface area contributed by atoms with Crippen molar-refractivity contribution in [3.05, 3.63) is 322 Å². The molecule has 0 saturated heterocycles. The van der Waals surface area contributed by atoms with E-state index in [1.54, 1.807) is 67.1 Å². The van der Waals surface area contributed by atoms with Crippen LogP contribution in [0.2, 0.25) is 15.1 Å². The number of para-hydroxylation sites is 8. The number of hydrogen-bond acceptors (Lipinski definition) is 10. The molecule has 16 rings (SSSR count). The van der Waals surface area contributed by atoms with Gasteiger partial charge in [0.2, 0.25) is 23.6 Å². The number of halogens is 5. The zero-order chi connectivity index (χ0) is 72.6. The van der Waals surface area contributed by atoms with Crippen molar-refractivity contribution in [2.45, 2.75) is 26.2 Å². The quantitative estimate of drug-likeness (QED) is 0.0718. The summed E-state index contributed by atoms with van der Waals surface area (Å²) >= 11 is 24.9. The van der Waals surface area contributed by atoms with Gasteiger partial charge in [0.25, 0.3) is 0 Å². The number of hydrogen-bond donors (Lipinski definition) is 4. The van der Waals surface area contributed by atoms with Crippen LogP contribution in [0.1, 0.15) is 0 Å². The third-order valence-electron chi connectivity index (χ3n) is 16.3. The first-order chi connectivity index (χ1) is 51.2. The minimum Gasteiger partial charge on any atom is -0.325 e. The van der Waals surface area contributed by atoms with Crippen LogP contribution in [-0.4, -0.2) is 71.8 Å². The van der Waals surface area contributed by atoms with E-state index >= 15 is 0 Å². The summed E-state index contributed by atoms with van der Waals surface area (Å²) in [6.07, 6.45) is 5.18. The number of pyridine rings is 2. The Morgan fingerprint density at radius 3 is 1.08 bits per heavy atom. The minimum atomic E-state index is -0.159. The molecule has 0 aliphatic heterocycles. The number of imidazole rings is 4. The predicted molar refractivity (Wildman–Crippen MR) is 427 cm³/mol. The summed E-state index contributed by atoms with van der Waals surface area (Å²) in [5, 5.41) is 13.5. The van der Waals surface area contributed by atoms with Gasteiger partial charge in [0.1, 0.15) is 49.3 Å². The van der Waals surface area contributed by atoms with Crippen molar-refractivity contribution in [2.75, 3.05) is 21.3 Å². The molecule has 16 aromatic rings. The van der Waals surface area contributed by atoms with Gasteiger partial charge in [0.05, 0.1) is 49.2 Å². The Kier molecular flexibility index (Phi) is 23.1. The molecule has 518 valence electrons. The topological polar surface area (TPSA) is 213 Å². The lowest BCUT2D eigenvalue weighted by Crippen LogP contribution is -2.19. The molecule has 18 nitrogen and oxygen atoms in total. The summed E-state index contributed by atoms with van der Waals surface area (Å²) in [6.45, 7) is 0.611. The Bertz CT molecular complexity index is 5290. The first-order valence-electron chi connectivity index (χ1n) is 32.9. The van der Waals surface area contributed by atoms with Crippen molar-refractivity contribution in [1.82, 2.24) is 48.2 Å². The molecule has 6 aromatic heterocycles. The molecule has 0 spiro atoms. The van der Waals surface area contributed by atoms with E-state index in [-0.39, 0.29) is 49.8 Å². The van der Waals surface area contributed by atoms with Gasteiger partial charge in [-0.2, -0.15) is 0 Å². The summed E-state index contributed by atoms with van der Waals surface area (Å²) in [5.41, 5.74) is 13.3. The molecular weight excluding hydrogens is 1510 g/mol. The van der Waals surface area contributed by atoms with E-state index in [0.717, 1.165) is 92.7 Å². The molecule has 0 saturated carbocycles. The molecule has 0 atom stereocenters. The fourth-order valence-corrected chi connectivity index (χ4v) is 12.5. The number of carbonyl (C=O) groups is 4. The fraction of sp³-hybridized carbons (Fsp3) is 0.0488. The van der Waals surface area contributed by atoms with E-state index in [0.29, 0.717) is 43.9 Å². The average Bonchev–Trinajstić information content (AvgIpc) is 1.64. The number of benzene rings is 10. The highest BCUT2D eigenvalue weighted by molar-refractivity contribution is 9.10. The second kappa shape index (κ2) is 33.9. The standard InChI is InChI=1S/C21H16BrN3O.C21H15Cl2N3O.C20H15BrN4O.C20H15ClN4O/c22-16-10-12-17(13-11-16)23-20(26)14-25-19-9-5-4-8-18(19)24-21(25)15-6-2-1-3-7-15;22-14-9-11-15(12-10-14)24-20(27)13-26-19-8-4-3-7-18(19)25-21(26)16-5-1-2-6-17(16)23;21-14-8-10-15(11-9-14)23-19(26)13-25-18-7-2-1-5-16(18)24-20(25)17-6-3-4-12-22-17;21-15-7-9-16(10-8-15)23-19(26)13-25-18-6-2-1-5-17(18)24-20(25)14-4-3-11-22-12-14/h1-13H,14H2,(H,23,26);1-12H,13H2,(H,24,27);2*1-12H,13H2,(H,23,26). The van der Waals surface area contributed by atoms with Crippen molar-refractivity contribution in [2.24, 2.45) is 0 Å². The summed E-state index contributed by atoms with van der Waals surface area (Å²) in [6, 6.07) is 87.0. The highest BCUT2D eigenvalue weighted by Gasteiger charge is 2.21. The van der Waals surface area contributed by atoms with Crippen molar-refractivity contribution in [1.29, 1.82) is 0 Å². The molecule has 0 aliphatic carbocycles. The Labute approximate surface area is 634 Å². The summed E-state index contributed by atoms with van der Waals surface area (Å²) in [5.74, 6) is 2.34. The molecule has 0 bridgehead atoms. The monoisotopic (exact) mass is 1570 g/mol. The number of nitrogens with one attached hydrogen (secondary N) is 4. The predicted octanol–water partition coefficient (Wildman–Crippen LogP) is 19.6. The first-order valence-corrected chi connectivity index (χ1v) is 35.6. The molecule has 10 aromatic carbocycles. The maximum Gasteiger partial charge on any atom is 0.244 e.